The molecule has 154 valence electrons. The molecular formula is C21H22ClF2N3O2. The van der Waals surface area contributed by atoms with E-state index in [-0.39, 0.29) is 30.7 Å². The number of nitrogens with two attached hydrogens (primary N) is 1. The zero-order valence-electron chi connectivity index (χ0n) is 15.9. The van der Waals surface area contributed by atoms with Crippen molar-refractivity contribution in [2.75, 3.05) is 5.32 Å². The fraction of sp³-hybridized carbons (Fsp3) is 0.333. The van der Waals surface area contributed by atoms with Crippen LogP contribution in [0, 0.1) is 11.6 Å². The van der Waals surface area contributed by atoms with Gasteiger partial charge in [-0.05, 0) is 53.8 Å². The SMILES string of the molecule is CC(=O)Nc1cc(Cl)ccc1CNC(=O)CC(N)C1CCc2cc(F)c(F)cc21. The van der Waals surface area contributed by atoms with Gasteiger partial charge in [0.2, 0.25) is 11.8 Å². The van der Waals surface area contributed by atoms with Gasteiger partial charge in [0.05, 0.1) is 0 Å². The van der Waals surface area contributed by atoms with E-state index in [1.807, 2.05) is 0 Å². The average Bonchev–Trinajstić information content (AvgIpc) is 3.03. The zero-order chi connectivity index (χ0) is 21.1. The molecular weight excluding hydrogens is 400 g/mol. The van der Waals surface area contributed by atoms with Gasteiger partial charge in [0, 0.05) is 42.6 Å². The number of hydrogen-bond acceptors (Lipinski definition) is 3. The van der Waals surface area contributed by atoms with Gasteiger partial charge in [0.15, 0.2) is 11.6 Å². The summed E-state index contributed by atoms with van der Waals surface area (Å²) in [5.74, 6) is -2.48. The molecule has 8 heteroatoms. The van der Waals surface area contributed by atoms with Crippen LogP contribution in [0.2, 0.25) is 5.02 Å². The number of benzene rings is 2. The first-order valence-corrected chi connectivity index (χ1v) is 9.68. The Balaban J connectivity index is 1.61. The quantitative estimate of drug-likeness (QED) is 0.665. The van der Waals surface area contributed by atoms with E-state index in [0.717, 1.165) is 5.56 Å². The van der Waals surface area contributed by atoms with Gasteiger partial charge >= 0.3 is 0 Å². The topological polar surface area (TPSA) is 84.2 Å². The molecule has 2 aromatic carbocycles. The van der Waals surface area contributed by atoms with Crippen molar-refractivity contribution in [3.63, 3.8) is 0 Å². The molecule has 2 unspecified atom stereocenters. The highest BCUT2D eigenvalue weighted by Gasteiger charge is 2.30. The maximum atomic E-state index is 13.6. The van der Waals surface area contributed by atoms with Crippen LogP contribution in [0.1, 0.15) is 42.4 Å². The lowest BCUT2D eigenvalue weighted by Crippen LogP contribution is -2.35. The highest BCUT2D eigenvalue weighted by molar-refractivity contribution is 6.31. The summed E-state index contributed by atoms with van der Waals surface area (Å²) in [4.78, 5) is 23.7. The Labute approximate surface area is 172 Å². The van der Waals surface area contributed by atoms with Gasteiger partial charge in [0.25, 0.3) is 0 Å². The first-order chi connectivity index (χ1) is 13.7. The Morgan fingerprint density at radius 3 is 2.69 bits per heavy atom. The van der Waals surface area contributed by atoms with E-state index in [9.17, 15) is 18.4 Å². The number of carbonyl (C=O) groups is 2. The second-order valence-electron chi connectivity index (χ2n) is 7.24. The molecule has 0 saturated heterocycles. The smallest absolute Gasteiger partial charge is 0.221 e. The number of halogens is 3. The summed E-state index contributed by atoms with van der Waals surface area (Å²) in [7, 11) is 0. The minimum Gasteiger partial charge on any atom is -0.352 e. The lowest BCUT2D eigenvalue weighted by Gasteiger charge is -2.20. The fourth-order valence-electron chi connectivity index (χ4n) is 3.71. The molecule has 2 atom stereocenters. The first-order valence-electron chi connectivity index (χ1n) is 9.30. The largest absolute Gasteiger partial charge is 0.352 e. The molecule has 4 N–H and O–H groups in total. The van der Waals surface area contributed by atoms with Crippen molar-refractivity contribution in [1.29, 1.82) is 0 Å². The predicted molar refractivity (Wildman–Crippen MR) is 108 cm³/mol. The van der Waals surface area contributed by atoms with Crippen LogP contribution in [-0.2, 0) is 22.6 Å². The Morgan fingerprint density at radius 1 is 1.24 bits per heavy atom. The number of carbonyl (C=O) groups excluding carboxylic acids is 2. The second kappa shape index (κ2) is 8.88. The van der Waals surface area contributed by atoms with E-state index in [1.54, 1.807) is 18.2 Å². The third kappa shape index (κ3) is 5.10. The van der Waals surface area contributed by atoms with Crippen LogP contribution in [0.25, 0.3) is 0 Å². The maximum Gasteiger partial charge on any atom is 0.221 e. The highest BCUT2D eigenvalue weighted by atomic mass is 35.5. The van der Waals surface area contributed by atoms with Gasteiger partial charge < -0.3 is 16.4 Å². The van der Waals surface area contributed by atoms with Crippen LogP contribution in [0.5, 0.6) is 0 Å². The van der Waals surface area contributed by atoms with E-state index < -0.39 is 17.7 Å². The van der Waals surface area contributed by atoms with Crippen molar-refractivity contribution in [2.45, 2.75) is 44.7 Å². The monoisotopic (exact) mass is 421 g/mol. The van der Waals surface area contributed by atoms with Crippen molar-refractivity contribution in [3.8, 4) is 0 Å². The normalized spacial score (nSPS) is 16.2. The van der Waals surface area contributed by atoms with Crippen molar-refractivity contribution in [2.24, 2.45) is 5.73 Å². The van der Waals surface area contributed by atoms with E-state index in [2.05, 4.69) is 10.6 Å². The van der Waals surface area contributed by atoms with Crippen LogP contribution in [0.4, 0.5) is 14.5 Å². The van der Waals surface area contributed by atoms with Crippen LogP contribution >= 0.6 is 11.6 Å². The number of fused-ring (bicyclic) bond motifs is 1. The molecule has 0 fully saturated rings. The number of aryl methyl sites for hydroxylation is 1. The average molecular weight is 422 g/mol. The molecule has 0 heterocycles. The van der Waals surface area contributed by atoms with Crippen molar-refractivity contribution >= 4 is 29.1 Å². The Hall–Kier alpha value is -2.51. The lowest BCUT2D eigenvalue weighted by atomic mass is 9.91. The van der Waals surface area contributed by atoms with E-state index >= 15 is 0 Å². The first kappa shape index (κ1) is 21.2. The molecule has 0 aliphatic heterocycles. The summed E-state index contributed by atoms with van der Waals surface area (Å²) in [5, 5.41) is 5.93. The number of hydrogen-bond donors (Lipinski definition) is 3. The minimum atomic E-state index is -0.902. The van der Waals surface area contributed by atoms with Gasteiger partial charge in [-0.25, -0.2) is 8.78 Å². The second-order valence-corrected chi connectivity index (χ2v) is 7.67. The van der Waals surface area contributed by atoms with Crippen molar-refractivity contribution < 1.29 is 18.4 Å². The summed E-state index contributed by atoms with van der Waals surface area (Å²) < 4.78 is 27.0. The van der Waals surface area contributed by atoms with Gasteiger partial charge in [-0.2, -0.15) is 0 Å². The number of nitrogens with one attached hydrogen (secondary N) is 2. The third-order valence-corrected chi connectivity index (χ3v) is 5.34. The summed E-state index contributed by atoms with van der Waals surface area (Å²) in [5.41, 5.74) is 8.86. The fourth-order valence-corrected chi connectivity index (χ4v) is 3.88. The number of anilines is 1. The van der Waals surface area contributed by atoms with Gasteiger partial charge in [-0.15, -0.1) is 0 Å². The van der Waals surface area contributed by atoms with Crippen molar-refractivity contribution in [3.05, 3.63) is 63.7 Å². The van der Waals surface area contributed by atoms with Gasteiger partial charge in [-0.3, -0.25) is 9.59 Å². The molecule has 5 nitrogen and oxygen atoms in total. The van der Waals surface area contributed by atoms with Crippen molar-refractivity contribution in [1.82, 2.24) is 5.32 Å². The van der Waals surface area contributed by atoms with Crippen LogP contribution in [0.3, 0.4) is 0 Å². The van der Waals surface area contributed by atoms with E-state index in [4.69, 9.17) is 17.3 Å². The summed E-state index contributed by atoms with van der Waals surface area (Å²) in [6, 6.07) is 6.89. The number of rotatable bonds is 6. The molecule has 0 radical (unpaired) electrons. The molecule has 0 saturated carbocycles. The molecule has 0 spiro atoms. The van der Waals surface area contributed by atoms with Crippen LogP contribution < -0.4 is 16.4 Å². The van der Waals surface area contributed by atoms with Crippen LogP contribution in [-0.4, -0.2) is 17.9 Å². The van der Waals surface area contributed by atoms with E-state index in [1.165, 1.54) is 19.1 Å². The number of amides is 2. The Morgan fingerprint density at radius 2 is 1.97 bits per heavy atom. The Bertz CT molecular complexity index is 952. The lowest BCUT2D eigenvalue weighted by molar-refractivity contribution is -0.121. The molecule has 1 aliphatic rings. The summed E-state index contributed by atoms with van der Waals surface area (Å²) in [6.07, 6.45) is 1.31. The summed E-state index contributed by atoms with van der Waals surface area (Å²) >= 11 is 5.96. The molecule has 3 rings (SSSR count). The molecule has 2 aromatic rings. The van der Waals surface area contributed by atoms with E-state index in [0.29, 0.717) is 34.7 Å². The standard InChI is InChI=1S/C21H22ClF2N3O2/c1-11(28)27-20-7-14(22)4-2-13(20)10-26-21(29)9-19(25)15-5-3-12-6-17(23)18(24)8-16(12)15/h2,4,6-8,15,19H,3,5,9-10,25H2,1H3,(H,26,29)(H,27,28). The minimum absolute atomic E-state index is 0.0478. The molecule has 0 aromatic heterocycles. The third-order valence-electron chi connectivity index (χ3n) is 5.10. The predicted octanol–water partition coefficient (Wildman–Crippen LogP) is 3.64. The van der Waals surface area contributed by atoms with Gasteiger partial charge in [0.1, 0.15) is 0 Å². The molecule has 0 bridgehead atoms. The zero-order valence-corrected chi connectivity index (χ0v) is 16.7. The molecule has 1 aliphatic carbocycles. The van der Waals surface area contributed by atoms with Crippen LogP contribution in [0.15, 0.2) is 30.3 Å². The highest BCUT2D eigenvalue weighted by Crippen LogP contribution is 2.36. The molecule has 29 heavy (non-hydrogen) atoms. The Kier molecular flexibility index (Phi) is 6.49. The molecule has 2 amide bonds. The van der Waals surface area contributed by atoms with Gasteiger partial charge in [-0.1, -0.05) is 17.7 Å². The maximum absolute atomic E-state index is 13.6. The summed E-state index contributed by atoms with van der Waals surface area (Å²) in [6.45, 7) is 1.58.